The lowest BCUT2D eigenvalue weighted by atomic mass is 10.1. The number of aromatic nitrogens is 2. The number of carbonyl (C=O) groups is 1. The van der Waals surface area contributed by atoms with E-state index in [0.717, 1.165) is 5.39 Å². The fourth-order valence-electron chi connectivity index (χ4n) is 1.95. The van der Waals surface area contributed by atoms with Crippen LogP contribution in [-0.2, 0) is 0 Å². The molecule has 0 saturated carbocycles. The van der Waals surface area contributed by atoms with Gasteiger partial charge in [0.2, 0.25) is 5.88 Å². The highest BCUT2D eigenvalue weighted by atomic mass is 16.5. The Labute approximate surface area is 119 Å². The van der Waals surface area contributed by atoms with E-state index in [1.807, 2.05) is 0 Å². The standard InChI is InChI=1S/C15H10N2O4/c18-10-2-1-9-3-6-17-14(12(9)7-10)21-13-8-16-5-4-11(13)15(19)20/h1-8,18H,(H,19,20). The maximum absolute atomic E-state index is 11.2. The zero-order valence-corrected chi connectivity index (χ0v) is 10.7. The average molecular weight is 282 g/mol. The van der Waals surface area contributed by atoms with Crippen LogP contribution in [0.1, 0.15) is 10.4 Å². The fraction of sp³-hybridized carbons (Fsp3) is 0. The smallest absolute Gasteiger partial charge is 0.339 e. The molecule has 0 aliphatic carbocycles. The molecule has 2 N–H and O–H groups in total. The summed E-state index contributed by atoms with van der Waals surface area (Å²) in [7, 11) is 0. The minimum Gasteiger partial charge on any atom is -0.508 e. The van der Waals surface area contributed by atoms with Gasteiger partial charge >= 0.3 is 5.97 Å². The minimum atomic E-state index is -1.12. The molecule has 0 bridgehead atoms. The van der Waals surface area contributed by atoms with E-state index in [4.69, 9.17) is 9.84 Å². The quantitative estimate of drug-likeness (QED) is 0.767. The summed E-state index contributed by atoms with van der Waals surface area (Å²) in [6.45, 7) is 0. The van der Waals surface area contributed by atoms with Gasteiger partial charge in [-0.25, -0.2) is 9.78 Å². The summed E-state index contributed by atoms with van der Waals surface area (Å²) in [6, 6.07) is 7.90. The lowest BCUT2D eigenvalue weighted by Gasteiger charge is -2.09. The third-order valence-corrected chi connectivity index (χ3v) is 2.93. The van der Waals surface area contributed by atoms with E-state index >= 15 is 0 Å². The topological polar surface area (TPSA) is 92.5 Å². The first-order valence-electron chi connectivity index (χ1n) is 6.08. The van der Waals surface area contributed by atoms with Crippen molar-refractivity contribution in [1.29, 1.82) is 0 Å². The summed E-state index contributed by atoms with van der Waals surface area (Å²) < 4.78 is 5.57. The van der Waals surface area contributed by atoms with E-state index in [9.17, 15) is 9.90 Å². The number of hydrogen-bond donors (Lipinski definition) is 2. The van der Waals surface area contributed by atoms with Crippen LogP contribution in [0.2, 0.25) is 0 Å². The number of hydrogen-bond acceptors (Lipinski definition) is 5. The molecule has 2 heterocycles. The third kappa shape index (κ3) is 2.46. The number of phenolic OH excluding ortho intramolecular Hbond substituents is 1. The molecule has 0 aliphatic rings. The number of benzene rings is 1. The summed E-state index contributed by atoms with van der Waals surface area (Å²) >= 11 is 0. The van der Waals surface area contributed by atoms with Gasteiger partial charge in [-0.15, -0.1) is 0 Å². The normalized spacial score (nSPS) is 10.5. The molecule has 0 fully saturated rings. The van der Waals surface area contributed by atoms with E-state index in [0.29, 0.717) is 5.39 Å². The van der Waals surface area contributed by atoms with Crippen LogP contribution in [0, 0.1) is 0 Å². The molecule has 0 unspecified atom stereocenters. The van der Waals surface area contributed by atoms with Crippen LogP contribution in [0.5, 0.6) is 17.4 Å². The molecule has 2 aromatic heterocycles. The van der Waals surface area contributed by atoms with Gasteiger partial charge in [0.05, 0.1) is 6.20 Å². The van der Waals surface area contributed by atoms with Crippen molar-refractivity contribution in [2.75, 3.05) is 0 Å². The van der Waals surface area contributed by atoms with E-state index in [1.54, 1.807) is 24.4 Å². The van der Waals surface area contributed by atoms with Crippen molar-refractivity contribution in [2.45, 2.75) is 0 Å². The predicted octanol–water partition coefficient (Wildman–Crippen LogP) is 2.83. The predicted molar refractivity (Wildman–Crippen MR) is 74.7 cm³/mol. The Balaban J connectivity index is 2.11. The highest BCUT2D eigenvalue weighted by Gasteiger charge is 2.14. The molecular formula is C15H10N2O4. The van der Waals surface area contributed by atoms with Gasteiger partial charge in [-0.05, 0) is 29.7 Å². The van der Waals surface area contributed by atoms with Gasteiger partial charge in [0, 0.05) is 17.8 Å². The van der Waals surface area contributed by atoms with E-state index in [1.165, 1.54) is 24.5 Å². The lowest BCUT2D eigenvalue weighted by Crippen LogP contribution is -2.01. The average Bonchev–Trinajstić information content (AvgIpc) is 2.48. The van der Waals surface area contributed by atoms with Crippen molar-refractivity contribution in [2.24, 2.45) is 0 Å². The van der Waals surface area contributed by atoms with Gasteiger partial charge in [-0.2, -0.15) is 0 Å². The number of fused-ring (bicyclic) bond motifs is 1. The summed E-state index contributed by atoms with van der Waals surface area (Å²) in [5, 5.41) is 20.1. The summed E-state index contributed by atoms with van der Waals surface area (Å²) in [6.07, 6.45) is 4.23. The van der Waals surface area contributed by atoms with Gasteiger partial charge < -0.3 is 14.9 Å². The van der Waals surface area contributed by atoms with E-state index in [-0.39, 0.29) is 22.9 Å². The van der Waals surface area contributed by atoms with E-state index < -0.39 is 5.97 Å². The molecule has 3 aromatic rings. The van der Waals surface area contributed by atoms with Gasteiger partial charge in [0.25, 0.3) is 0 Å². The number of phenols is 1. The number of rotatable bonds is 3. The first kappa shape index (κ1) is 12.9. The summed E-state index contributed by atoms with van der Waals surface area (Å²) in [4.78, 5) is 19.1. The van der Waals surface area contributed by atoms with Crippen molar-refractivity contribution in [3.63, 3.8) is 0 Å². The van der Waals surface area contributed by atoms with Gasteiger partial charge in [0.15, 0.2) is 5.75 Å². The number of aromatic carboxylic acids is 1. The lowest BCUT2D eigenvalue weighted by molar-refractivity contribution is 0.0694. The second-order valence-corrected chi connectivity index (χ2v) is 4.30. The molecule has 0 aliphatic heterocycles. The minimum absolute atomic E-state index is 0.0102. The highest BCUT2D eigenvalue weighted by molar-refractivity contribution is 5.91. The number of pyridine rings is 2. The SMILES string of the molecule is O=C(O)c1ccncc1Oc1nccc2ccc(O)cc12. The molecule has 3 rings (SSSR count). The Hall–Kier alpha value is -3.15. The van der Waals surface area contributed by atoms with Crippen molar-refractivity contribution in [3.05, 3.63) is 54.5 Å². The van der Waals surface area contributed by atoms with Crippen LogP contribution < -0.4 is 4.74 Å². The molecule has 0 amide bonds. The Morgan fingerprint density at radius 2 is 2.00 bits per heavy atom. The van der Waals surface area contributed by atoms with E-state index in [2.05, 4.69) is 9.97 Å². The Kier molecular flexibility index (Phi) is 3.12. The van der Waals surface area contributed by atoms with Gasteiger partial charge in [0.1, 0.15) is 11.3 Å². The van der Waals surface area contributed by atoms with Crippen LogP contribution in [0.4, 0.5) is 0 Å². The van der Waals surface area contributed by atoms with Crippen LogP contribution in [0.3, 0.4) is 0 Å². The molecular weight excluding hydrogens is 272 g/mol. The van der Waals surface area contributed by atoms with Crippen LogP contribution in [0.25, 0.3) is 10.8 Å². The van der Waals surface area contributed by atoms with Crippen LogP contribution >= 0.6 is 0 Å². The second kappa shape index (κ2) is 5.09. The van der Waals surface area contributed by atoms with Crippen molar-refractivity contribution < 1.29 is 19.7 Å². The number of aromatic hydroxyl groups is 1. The number of carboxylic acid groups (broad SMARTS) is 1. The van der Waals surface area contributed by atoms with Crippen LogP contribution in [-0.4, -0.2) is 26.2 Å². The molecule has 104 valence electrons. The van der Waals surface area contributed by atoms with Crippen molar-refractivity contribution >= 4 is 16.7 Å². The molecule has 0 spiro atoms. The number of ether oxygens (including phenoxy) is 1. The maximum Gasteiger partial charge on any atom is 0.339 e. The van der Waals surface area contributed by atoms with Crippen molar-refractivity contribution in [3.8, 4) is 17.4 Å². The Morgan fingerprint density at radius 3 is 2.81 bits per heavy atom. The first-order valence-corrected chi connectivity index (χ1v) is 6.08. The monoisotopic (exact) mass is 282 g/mol. The summed E-state index contributed by atoms with van der Waals surface area (Å²) in [5.41, 5.74) is -0.0102. The first-order chi connectivity index (χ1) is 10.1. The molecule has 0 atom stereocenters. The van der Waals surface area contributed by atoms with Crippen molar-refractivity contribution in [1.82, 2.24) is 9.97 Å². The molecule has 21 heavy (non-hydrogen) atoms. The molecule has 0 radical (unpaired) electrons. The molecule has 1 aromatic carbocycles. The molecule has 6 nitrogen and oxygen atoms in total. The zero-order valence-electron chi connectivity index (χ0n) is 10.7. The molecule has 0 saturated heterocycles. The number of nitrogens with zero attached hydrogens (tertiary/aromatic N) is 2. The van der Waals surface area contributed by atoms with Gasteiger partial charge in [-0.3, -0.25) is 4.98 Å². The molecule has 6 heteroatoms. The Bertz CT molecular complexity index is 833. The fourth-order valence-corrected chi connectivity index (χ4v) is 1.95. The van der Waals surface area contributed by atoms with Crippen LogP contribution in [0.15, 0.2) is 48.9 Å². The third-order valence-electron chi connectivity index (χ3n) is 2.93. The largest absolute Gasteiger partial charge is 0.508 e. The number of carboxylic acids is 1. The Morgan fingerprint density at radius 1 is 1.14 bits per heavy atom. The van der Waals surface area contributed by atoms with Gasteiger partial charge in [-0.1, -0.05) is 6.07 Å². The second-order valence-electron chi connectivity index (χ2n) is 4.30. The summed E-state index contributed by atoms with van der Waals surface area (Å²) in [5.74, 6) is -0.743. The maximum atomic E-state index is 11.2. The zero-order chi connectivity index (χ0) is 14.8. The highest BCUT2D eigenvalue weighted by Crippen LogP contribution is 2.31.